The van der Waals surface area contributed by atoms with Gasteiger partial charge in [0, 0.05) is 31.2 Å². The Morgan fingerprint density at radius 2 is 1.94 bits per heavy atom. The summed E-state index contributed by atoms with van der Waals surface area (Å²) in [5.74, 6) is 1.77. The van der Waals surface area contributed by atoms with Gasteiger partial charge < -0.3 is 9.30 Å². The number of nitrogens with zero attached hydrogens (tertiary/aromatic N) is 6. The number of ether oxygens (including phenoxy) is 1. The van der Waals surface area contributed by atoms with Crippen LogP contribution in [0.2, 0.25) is 0 Å². The third-order valence-corrected chi connectivity index (χ3v) is 7.18. The average molecular weight is 480 g/mol. The number of imidazole rings is 1. The molecule has 0 bridgehead atoms. The lowest BCUT2D eigenvalue weighted by Gasteiger charge is -2.18. The van der Waals surface area contributed by atoms with Gasteiger partial charge in [0.25, 0.3) is 0 Å². The van der Waals surface area contributed by atoms with Crippen molar-refractivity contribution in [3.8, 4) is 22.5 Å². The number of tetrazole rings is 1. The van der Waals surface area contributed by atoms with E-state index in [2.05, 4.69) is 75.4 Å². The van der Waals surface area contributed by atoms with E-state index in [9.17, 15) is 0 Å². The first kappa shape index (κ1) is 22.5. The minimum Gasteiger partial charge on any atom is -0.384 e. The molecule has 1 N–H and O–H groups in total. The van der Waals surface area contributed by atoms with E-state index in [1.165, 1.54) is 22.3 Å². The summed E-state index contributed by atoms with van der Waals surface area (Å²) in [5.41, 5.74) is 10.2. The standard InChI is InChI=1S/C28H29N7O/c1-4-25-30-26-17(2)15-20(13-14-36-3)29-28(26)35(25)24-12-10-19-16-18(9-11-22(19)24)21-7-5-6-8-23(21)27-31-33-34-32-27/h5-9,11,15-16,24H,4,10,12-14H2,1-3H3,(H,31,32,33,34)/t24-/m0/s1. The number of aromatic amines is 1. The molecule has 0 radical (unpaired) electrons. The molecule has 0 unspecified atom stereocenters. The van der Waals surface area contributed by atoms with Gasteiger partial charge in [0.05, 0.1) is 12.6 Å². The van der Waals surface area contributed by atoms with Gasteiger partial charge >= 0.3 is 0 Å². The van der Waals surface area contributed by atoms with Gasteiger partial charge in [-0.2, -0.15) is 0 Å². The maximum Gasteiger partial charge on any atom is 0.180 e. The molecule has 8 heteroatoms. The van der Waals surface area contributed by atoms with Crippen molar-refractivity contribution in [2.24, 2.45) is 0 Å². The highest BCUT2D eigenvalue weighted by molar-refractivity contribution is 5.81. The number of benzene rings is 2. The molecule has 0 fully saturated rings. The Labute approximate surface area is 209 Å². The van der Waals surface area contributed by atoms with Crippen molar-refractivity contribution in [1.82, 2.24) is 35.2 Å². The van der Waals surface area contributed by atoms with Crippen molar-refractivity contribution in [2.75, 3.05) is 13.7 Å². The molecule has 36 heavy (non-hydrogen) atoms. The number of methoxy groups -OCH3 is 1. The van der Waals surface area contributed by atoms with Gasteiger partial charge in [-0.15, -0.1) is 5.10 Å². The monoisotopic (exact) mass is 479 g/mol. The minimum absolute atomic E-state index is 0.229. The fourth-order valence-electron chi connectivity index (χ4n) is 5.48. The van der Waals surface area contributed by atoms with Gasteiger partial charge in [-0.05, 0) is 64.1 Å². The molecule has 8 nitrogen and oxygen atoms in total. The van der Waals surface area contributed by atoms with Crippen LogP contribution >= 0.6 is 0 Å². The Bertz CT molecular complexity index is 1540. The summed E-state index contributed by atoms with van der Waals surface area (Å²) in [4.78, 5) is 10.1. The first-order valence-corrected chi connectivity index (χ1v) is 12.5. The van der Waals surface area contributed by atoms with Crippen molar-refractivity contribution >= 4 is 11.2 Å². The van der Waals surface area contributed by atoms with Gasteiger partial charge in [-0.1, -0.05) is 49.4 Å². The van der Waals surface area contributed by atoms with E-state index < -0.39 is 0 Å². The van der Waals surface area contributed by atoms with Crippen LogP contribution in [0, 0.1) is 6.92 Å². The van der Waals surface area contributed by atoms with Crippen molar-refractivity contribution in [3.05, 3.63) is 76.7 Å². The highest BCUT2D eigenvalue weighted by Crippen LogP contribution is 2.40. The number of aryl methyl sites for hydroxylation is 3. The minimum atomic E-state index is 0.229. The van der Waals surface area contributed by atoms with Crippen molar-refractivity contribution in [1.29, 1.82) is 0 Å². The fraction of sp³-hybridized carbons (Fsp3) is 0.321. The van der Waals surface area contributed by atoms with Crippen LogP contribution in [0.25, 0.3) is 33.7 Å². The first-order chi connectivity index (χ1) is 17.7. The van der Waals surface area contributed by atoms with Crippen LogP contribution in [0.3, 0.4) is 0 Å². The van der Waals surface area contributed by atoms with Crippen LogP contribution in [0.1, 0.15) is 47.6 Å². The summed E-state index contributed by atoms with van der Waals surface area (Å²) < 4.78 is 7.69. The summed E-state index contributed by atoms with van der Waals surface area (Å²) in [6.45, 7) is 4.97. The molecule has 182 valence electrons. The van der Waals surface area contributed by atoms with Gasteiger partial charge in [0.2, 0.25) is 0 Å². The predicted molar refractivity (Wildman–Crippen MR) is 139 cm³/mol. The number of fused-ring (bicyclic) bond motifs is 2. The SMILES string of the molecule is CCc1nc2c(C)cc(CCOC)nc2n1[C@H]1CCc2cc(-c3ccccc3-c3nnn[nH]3)ccc21. The van der Waals surface area contributed by atoms with Crippen LogP contribution < -0.4 is 0 Å². The molecular formula is C28H29N7O. The molecule has 3 aromatic heterocycles. The number of rotatable bonds is 7. The number of aromatic nitrogens is 7. The quantitative estimate of drug-likeness (QED) is 0.358. The van der Waals surface area contributed by atoms with Gasteiger partial charge in [-0.3, -0.25) is 0 Å². The van der Waals surface area contributed by atoms with Crippen molar-refractivity contribution in [2.45, 2.75) is 45.6 Å². The fourth-order valence-corrected chi connectivity index (χ4v) is 5.48. The van der Waals surface area contributed by atoms with Crippen LogP contribution in [0.15, 0.2) is 48.5 Å². The lowest BCUT2D eigenvalue weighted by molar-refractivity contribution is 0.201. The first-order valence-electron chi connectivity index (χ1n) is 12.5. The topological polar surface area (TPSA) is 94.4 Å². The Morgan fingerprint density at radius 1 is 1.08 bits per heavy atom. The molecule has 5 aromatic rings. The van der Waals surface area contributed by atoms with E-state index in [4.69, 9.17) is 14.7 Å². The summed E-state index contributed by atoms with van der Waals surface area (Å²) in [7, 11) is 1.73. The molecule has 3 heterocycles. The molecule has 0 aliphatic heterocycles. The summed E-state index contributed by atoms with van der Waals surface area (Å²) in [6, 6.07) is 17.4. The van der Waals surface area contributed by atoms with Crippen molar-refractivity contribution < 1.29 is 4.74 Å². The summed E-state index contributed by atoms with van der Waals surface area (Å²) in [5, 5.41) is 14.5. The predicted octanol–water partition coefficient (Wildman–Crippen LogP) is 4.87. The van der Waals surface area contributed by atoms with Crippen LogP contribution in [0.4, 0.5) is 0 Å². The maximum atomic E-state index is 5.30. The Morgan fingerprint density at radius 3 is 2.72 bits per heavy atom. The van der Waals surface area contributed by atoms with E-state index >= 15 is 0 Å². The molecule has 2 aromatic carbocycles. The molecule has 0 saturated heterocycles. The third kappa shape index (κ3) is 3.78. The molecule has 6 rings (SSSR count). The number of hydrogen-bond acceptors (Lipinski definition) is 6. The lowest BCUT2D eigenvalue weighted by atomic mass is 9.96. The molecular weight excluding hydrogens is 450 g/mol. The zero-order valence-corrected chi connectivity index (χ0v) is 20.8. The average Bonchev–Trinajstić information content (AvgIpc) is 3.65. The second-order valence-electron chi connectivity index (χ2n) is 9.36. The van der Waals surface area contributed by atoms with Crippen molar-refractivity contribution in [3.63, 3.8) is 0 Å². The van der Waals surface area contributed by atoms with Crippen LogP contribution in [0.5, 0.6) is 0 Å². The zero-order valence-electron chi connectivity index (χ0n) is 20.8. The van der Waals surface area contributed by atoms with Crippen LogP contribution in [-0.4, -0.2) is 48.9 Å². The third-order valence-electron chi connectivity index (χ3n) is 7.18. The molecule has 1 aliphatic rings. The lowest BCUT2D eigenvalue weighted by Crippen LogP contribution is -2.12. The van der Waals surface area contributed by atoms with Crippen LogP contribution in [-0.2, 0) is 24.0 Å². The zero-order chi connectivity index (χ0) is 24.6. The van der Waals surface area contributed by atoms with E-state index in [0.717, 1.165) is 59.5 Å². The maximum absolute atomic E-state index is 5.30. The number of hydrogen-bond donors (Lipinski definition) is 1. The molecule has 1 aliphatic carbocycles. The normalized spacial score (nSPS) is 15.0. The van der Waals surface area contributed by atoms with Gasteiger partial charge in [-0.25, -0.2) is 15.1 Å². The second kappa shape index (κ2) is 9.28. The molecule has 1 atom stereocenters. The van der Waals surface area contributed by atoms with E-state index in [0.29, 0.717) is 12.4 Å². The highest BCUT2D eigenvalue weighted by atomic mass is 16.5. The molecule has 0 saturated carbocycles. The summed E-state index contributed by atoms with van der Waals surface area (Å²) in [6.07, 6.45) is 3.72. The Hall–Kier alpha value is -3.91. The van der Waals surface area contributed by atoms with E-state index in [1.54, 1.807) is 7.11 Å². The smallest absolute Gasteiger partial charge is 0.180 e. The molecule has 0 spiro atoms. The Balaban J connectivity index is 1.43. The number of H-pyrrole nitrogens is 1. The van der Waals surface area contributed by atoms with Gasteiger partial charge in [0.1, 0.15) is 11.3 Å². The number of nitrogens with one attached hydrogen (secondary N) is 1. The second-order valence-corrected chi connectivity index (χ2v) is 9.36. The molecule has 0 amide bonds. The van der Waals surface area contributed by atoms with E-state index in [1.807, 2.05) is 12.1 Å². The summed E-state index contributed by atoms with van der Waals surface area (Å²) >= 11 is 0. The largest absolute Gasteiger partial charge is 0.384 e. The Kier molecular flexibility index (Phi) is 5.81. The van der Waals surface area contributed by atoms with Gasteiger partial charge in [0.15, 0.2) is 11.5 Å². The van der Waals surface area contributed by atoms with E-state index in [-0.39, 0.29) is 6.04 Å². The number of pyridine rings is 1. The highest BCUT2D eigenvalue weighted by Gasteiger charge is 2.29.